The highest BCUT2D eigenvalue weighted by Crippen LogP contribution is 2.46. The van der Waals surface area contributed by atoms with Crippen LogP contribution in [0.15, 0.2) is 4.99 Å². The van der Waals surface area contributed by atoms with Crippen LogP contribution in [0.4, 0.5) is 0 Å². The minimum absolute atomic E-state index is 0.0818. The van der Waals surface area contributed by atoms with Crippen LogP contribution in [0.1, 0.15) is 54.4 Å². The minimum Gasteiger partial charge on any atom is -0.356 e. The van der Waals surface area contributed by atoms with Crippen LogP contribution in [0, 0.1) is 5.41 Å². The van der Waals surface area contributed by atoms with E-state index in [1.807, 2.05) is 0 Å². The SMILES string of the molecule is CCCNC(=O)CCN=C(NCC)N1CC(C)(C)C1(C)C. The highest BCUT2D eigenvalue weighted by Gasteiger charge is 2.53. The van der Waals surface area contributed by atoms with E-state index in [1.165, 1.54) is 0 Å². The molecule has 0 saturated carbocycles. The Kier molecular flexibility index (Phi) is 6.05. The fourth-order valence-corrected chi connectivity index (χ4v) is 2.41. The summed E-state index contributed by atoms with van der Waals surface area (Å²) in [5.41, 5.74) is 0.361. The van der Waals surface area contributed by atoms with Gasteiger partial charge in [0.05, 0.1) is 6.54 Å². The Labute approximate surface area is 129 Å². The Hall–Kier alpha value is -1.26. The molecule has 0 unspecified atom stereocenters. The molecule has 0 aromatic heterocycles. The zero-order chi connectivity index (χ0) is 16.1. The molecule has 1 aliphatic rings. The molecule has 1 heterocycles. The van der Waals surface area contributed by atoms with Crippen molar-refractivity contribution < 1.29 is 4.79 Å². The summed E-state index contributed by atoms with van der Waals surface area (Å²) in [6.07, 6.45) is 1.42. The second-order valence-electron chi connectivity index (χ2n) is 6.86. The zero-order valence-corrected chi connectivity index (χ0v) is 14.5. The molecule has 0 aliphatic carbocycles. The number of likely N-dealkylation sites (tertiary alicyclic amines) is 1. The van der Waals surface area contributed by atoms with Crippen LogP contribution in [-0.4, -0.2) is 48.5 Å². The van der Waals surface area contributed by atoms with E-state index in [4.69, 9.17) is 0 Å². The molecule has 0 aromatic rings. The van der Waals surface area contributed by atoms with E-state index < -0.39 is 0 Å². The van der Waals surface area contributed by atoms with E-state index in [-0.39, 0.29) is 16.9 Å². The van der Waals surface area contributed by atoms with Gasteiger partial charge in [-0.3, -0.25) is 9.79 Å². The average molecular weight is 296 g/mol. The Bertz CT molecular complexity index is 388. The Morgan fingerprint density at radius 3 is 2.33 bits per heavy atom. The van der Waals surface area contributed by atoms with E-state index in [0.717, 1.165) is 32.0 Å². The third kappa shape index (κ3) is 4.11. The maximum atomic E-state index is 11.6. The van der Waals surface area contributed by atoms with Crippen LogP contribution in [0.25, 0.3) is 0 Å². The first-order valence-electron chi connectivity index (χ1n) is 8.09. The first kappa shape index (κ1) is 17.8. The van der Waals surface area contributed by atoms with Gasteiger partial charge < -0.3 is 15.5 Å². The number of nitrogens with one attached hydrogen (secondary N) is 2. The highest BCUT2D eigenvalue weighted by molar-refractivity contribution is 5.82. The van der Waals surface area contributed by atoms with Gasteiger partial charge in [-0.1, -0.05) is 20.8 Å². The number of amides is 1. The molecule has 122 valence electrons. The molecule has 5 heteroatoms. The first-order valence-corrected chi connectivity index (χ1v) is 8.09. The van der Waals surface area contributed by atoms with E-state index in [1.54, 1.807) is 0 Å². The van der Waals surface area contributed by atoms with Crippen LogP contribution < -0.4 is 10.6 Å². The van der Waals surface area contributed by atoms with E-state index in [0.29, 0.717) is 13.0 Å². The molecular formula is C16H32N4O. The number of hydrogen-bond acceptors (Lipinski definition) is 2. The van der Waals surface area contributed by atoms with Crippen LogP contribution in [-0.2, 0) is 4.79 Å². The summed E-state index contributed by atoms with van der Waals surface area (Å²) in [5, 5.41) is 6.22. The van der Waals surface area contributed by atoms with Crippen LogP contribution in [0.5, 0.6) is 0 Å². The predicted octanol–water partition coefficient (Wildman–Crippen LogP) is 1.99. The van der Waals surface area contributed by atoms with Crippen molar-refractivity contribution in [2.45, 2.75) is 59.9 Å². The monoisotopic (exact) mass is 296 g/mol. The van der Waals surface area contributed by atoms with E-state index in [9.17, 15) is 4.79 Å². The number of carbonyl (C=O) groups excluding carboxylic acids is 1. The zero-order valence-electron chi connectivity index (χ0n) is 14.5. The molecule has 1 rings (SSSR count). The number of aliphatic imine (C=N–C) groups is 1. The molecule has 1 saturated heterocycles. The third-order valence-electron chi connectivity index (χ3n) is 4.65. The van der Waals surface area contributed by atoms with E-state index >= 15 is 0 Å². The van der Waals surface area contributed by atoms with Gasteiger partial charge in [0.15, 0.2) is 5.96 Å². The fourth-order valence-electron chi connectivity index (χ4n) is 2.41. The molecule has 0 atom stereocenters. The van der Waals surface area contributed by atoms with Crippen LogP contribution in [0.2, 0.25) is 0 Å². The lowest BCUT2D eigenvalue weighted by Crippen LogP contribution is -2.72. The van der Waals surface area contributed by atoms with Crippen molar-refractivity contribution in [2.24, 2.45) is 10.4 Å². The van der Waals surface area contributed by atoms with Gasteiger partial charge in [0.1, 0.15) is 0 Å². The molecule has 2 N–H and O–H groups in total. The predicted molar refractivity (Wildman–Crippen MR) is 88.5 cm³/mol. The lowest BCUT2D eigenvalue weighted by Gasteiger charge is -2.62. The number of hydrogen-bond donors (Lipinski definition) is 2. The largest absolute Gasteiger partial charge is 0.356 e. The summed E-state index contributed by atoms with van der Waals surface area (Å²) in [6, 6.07) is 0. The standard InChI is InChI=1S/C16H32N4O/c1-7-10-18-13(21)9-11-19-14(17-8-2)20-12-15(3,4)16(20,5)6/h7-12H2,1-6H3,(H,17,19)(H,18,21). The average Bonchev–Trinajstić information content (AvgIpc) is 2.41. The molecule has 0 spiro atoms. The maximum absolute atomic E-state index is 11.6. The lowest BCUT2D eigenvalue weighted by atomic mass is 9.65. The van der Waals surface area contributed by atoms with Crippen LogP contribution in [0.3, 0.4) is 0 Å². The summed E-state index contributed by atoms with van der Waals surface area (Å²) in [6.45, 7) is 16.3. The smallest absolute Gasteiger partial charge is 0.221 e. The fraction of sp³-hybridized carbons (Fsp3) is 0.875. The Morgan fingerprint density at radius 2 is 1.86 bits per heavy atom. The summed E-state index contributed by atoms with van der Waals surface area (Å²) < 4.78 is 0. The van der Waals surface area contributed by atoms with E-state index in [2.05, 4.69) is 62.1 Å². The van der Waals surface area contributed by atoms with Gasteiger partial charge in [-0.25, -0.2) is 0 Å². The third-order valence-corrected chi connectivity index (χ3v) is 4.65. The molecule has 1 fully saturated rings. The van der Waals surface area contributed by atoms with Crippen molar-refractivity contribution in [1.82, 2.24) is 15.5 Å². The molecule has 0 bridgehead atoms. The van der Waals surface area contributed by atoms with Crippen molar-refractivity contribution in [3.63, 3.8) is 0 Å². The van der Waals surface area contributed by atoms with Crippen molar-refractivity contribution in [2.75, 3.05) is 26.2 Å². The molecule has 0 aromatic carbocycles. The molecule has 21 heavy (non-hydrogen) atoms. The molecule has 5 nitrogen and oxygen atoms in total. The van der Waals surface area contributed by atoms with Crippen LogP contribution >= 0.6 is 0 Å². The minimum atomic E-state index is 0.0818. The number of rotatable bonds is 6. The highest BCUT2D eigenvalue weighted by atomic mass is 16.1. The molecule has 1 amide bonds. The van der Waals surface area contributed by atoms with Gasteiger partial charge in [-0.15, -0.1) is 0 Å². The number of carbonyl (C=O) groups is 1. The number of nitrogens with zero attached hydrogens (tertiary/aromatic N) is 2. The second kappa shape index (κ2) is 7.14. The summed E-state index contributed by atoms with van der Waals surface area (Å²) in [7, 11) is 0. The Balaban J connectivity index is 2.58. The van der Waals surface area contributed by atoms with Gasteiger partial charge in [-0.2, -0.15) is 0 Å². The van der Waals surface area contributed by atoms with Crippen molar-refractivity contribution in [1.29, 1.82) is 0 Å². The number of guanidine groups is 1. The molecule has 1 aliphatic heterocycles. The summed E-state index contributed by atoms with van der Waals surface area (Å²) >= 11 is 0. The second-order valence-corrected chi connectivity index (χ2v) is 6.86. The summed E-state index contributed by atoms with van der Waals surface area (Å²) in [5.74, 6) is 1.00. The normalized spacial score (nSPS) is 19.9. The van der Waals surface area contributed by atoms with Crippen molar-refractivity contribution in [3.05, 3.63) is 0 Å². The summed E-state index contributed by atoms with van der Waals surface area (Å²) in [4.78, 5) is 18.5. The molecule has 0 radical (unpaired) electrons. The van der Waals surface area contributed by atoms with Gasteiger partial charge in [-0.05, 0) is 27.2 Å². The Morgan fingerprint density at radius 1 is 1.19 bits per heavy atom. The van der Waals surface area contributed by atoms with Gasteiger partial charge in [0.2, 0.25) is 5.91 Å². The molecular weight excluding hydrogens is 264 g/mol. The van der Waals surface area contributed by atoms with Crippen molar-refractivity contribution >= 4 is 11.9 Å². The quantitative estimate of drug-likeness (QED) is 0.582. The lowest BCUT2D eigenvalue weighted by molar-refractivity contribution is -0.120. The van der Waals surface area contributed by atoms with Crippen molar-refractivity contribution in [3.8, 4) is 0 Å². The maximum Gasteiger partial charge on any atom is 0.221 e. The van der Waals surface area contributed by atoms with Gasteiger partial charge >= 0.3 is 0 Å². The first-order chi connectivity index (χ1) is 9.76. The van der Waals surface area contributed by atoms with Gasteiger partial charge in [0.25, 0.3) is 0 Å². The van der Waals surface area contributed by atoms with Gasteiger partial charge in [0, 0.05) is 37.0 Å². The topological polar surface area (TPSA) is 56.7 Å².